The third-order valence-corrected chi connectivity index (χ3v) is 3.99. The number of likely N-dealkylation sites (N-methyl/N-ethyl adjacent to an activating group) is 1. The van der Waals surface area contributed by atoms with Crippen LogP contribution in [0.3, 0.4) is 0 Å². The quantitative estimate of drug-likeness (QED) is 0.818. The first-order chi connectivity index (χ1) is 9.19. The van der Waals surface area contributed by atoms with E-state index in [0.29, 0.717) is 18.3 Å². The van der Waals surface area contributed by atoms with Gasteiger partial charge in [-0.2, -0.15) is 5.10 Å². The van der Waals surface area contributed by atoms with Crippen molar-refractivity contribution in [1.29, 1.82) is 0 Å². The summed E-state index contributed by atoms with van der Waals surface area (Å²) in [5.41, 5.74) is 6.27. The molecule has 0 amide bonds. The standard InChI is InChI=1S/C14H26N4O/c1-2-17(13-6-4-3-5-7-13)10-14(19)11-18-9-12(15)8-16-18/h8-9,13-14,19H,2-7,10-11,15H2,1H3. The number of hydrogen-bond acceptors (Lipinski definition) is 4. The highest BCUT2D eigenvalue weighted by Gasteiger charge is 2.22. The Bertz CT molecular complexity index is 373. The third-order valence-electron chi connectivity index (χ3n) is 3.99. The lowest BCUT2D eigenvalue weighted by molar-refractivity contribution is 0.0648. The van der Waals surface area contributed by atoms with Crippen molar-refractivity contribution in [3.63, 3.8) is 0 Å². The lowest BCUT2D eigenvalue weighted by Crippen LogP contribution is -2.42. The summed E-state index contributed by atoms with van der Waals surface area (Å²) in [6.45, 7) is 4.41. The molecule has 1 fully saturated rings. The van der Waals surface area contributed by atoms with Crippen LogP contribution in [0.25, 0.3) is 0 Å². The zero-order chi connectivity index (χ0) is 13.7. The van der Waals surface area contributed by atoms with Crippen molar-refractivity contribution in [3.05, 3.63) is 12.4 Å². The van der Waals surface area contributed by atoms with Gasteiger partial charge in [-0.25, -0.2) is 0 Å². The highest BCUT2D eigenvalue weighted by Crippen LogP contribution is 2.22. The highest BCUT2D eigenvalue weighted by molar-refractivity contribution is 5.30. The van der Waals surface area contributed by atoms with E-state index in [9.17, 15) is 5.11 Å². The van der Waals surface area contributed by atoms with Crippen molar-refractivity contribution in [2.45, 2.75) is 57.7 Å². The van der Waals surface area contributed by atoms with Gasteiger partial charge in [0.1, 0.15) is 0 Å². The van der Waals surface area contributed by atoms with Crippen LogP contribution in [0.2, 0.25) is 0 Å². The molecule has 0 bridgehead atoms. The molecule has 0 aromatic carbocycles. The van der Waals surface area contributed by atoms with Gasteiger partial charge in [-0.15, -0.1) is 0 Å². The molecule has 5 heteroatoms. The lowest BCUT2D eigenvalue weighted by atomic mass is 9.94. The average molecular weight is 266 g/mol. The zero-order valence-corrected chi connectivity index (χ0v) is 11.8. The van der Waals surface area contributed by atoms with Gasteiger partial charge in [0.2, 0.25) is 0 Å². The molecule has 1 saturated carbocycles. The van der Waals surface area contributed by atoms with E-state index in [1.807, 2.05) is 0 Å². The Hall–Kier alpha value is -1.07. The molecular weight excluding hydrogens is 240 g/mol. The van der Waals surface area contributed by atoms with Gasteiger partial charge in [0.25, 0.3) is 0 Å². The van der Waals surface area contributed by atoms with Crippen molar-refractivity contribution in [3.8, 4) is 0 Å². The molecule has 3 N–H and O–H groups in total. The Morgan fingerprint density at radius 3 is 2.79 bits per heavy atom. The van der Waals surface area contributed by atoms with Crippen molar-refractivity contribution < 1.29 is 5.11 Å². The van der Waals surface area contributed by atoms with Crippen molar-refractivity contribution in [2.24, 2.45) is 0 Å². The van der Waals surface area contributed by atoms with E-state index < -0.39 is 0 Å². The summed E-state index contributed by atoms with van der Waals surface area (Å²) >= 11 is 0. The number of nitrogens with zero attached hydrogens (tertiary/aromatic N) is 3. The smallest absolute Gasteiger partial charge is 0.0862 e. The van der Waals surface area contributed by atoms with E-state index in [1.54, 1.807) is 17.1 Å². The van der Waals surface area contributed by atoms with E-state index in [4.69, 9.17) is 5.73 Å². The lowest BCUT2D eigenvalue weighted by Gasteiger charge is -2.34. The summed E-state index contributed by atoms with van der Waals surface area (Å²) in [6, 6.07) is 0.649. The Kier molecular flexibility index (Phi) is 5.22. The molecule has 5 nitrogen and oxygen atoms in total. The number of nitrogen functional groups attached to an aromatic ring is 1. The molecule has 0 aliphatic heterocycles. The maximum absolute atomic E-state index is 10.2. The predicted octanol–water partition coefficient (Wildman–Crippen LogP) is 1.48. The first kappa shape index (κ1) is 14.3. The minimum Gasteiger partial charge on any atom is -0.396 e. The van der Waals surface area contributed by atoms with Gasteiger partial charge in [0.05, 0.1) is 24.5 Å². The van der Waals surface area contributed by atoms with Gasteiger partial charge in [0, 0.05) is 18.8 Å². The van der Waals surface area contributed by atoms with Crippen molar-refractivity contribution in [2.75, 3.05) is 18.8 Å². The Morgan fingerprint density at radius 1 is 1.47 bits per heavy atom. The third kappa shape index (κ3) is 4.21. The van der Waals surface area contributed by atoms with Crippen molar-refractivity contribution in [1.82, 2.24) is 14.7 Å². The van der Waals surface area contributed by atoms with E-state index in [2.05, 4.69) is 16.9 Å². The van der Waals surface area contributed by atoms with E-state index in [-0.39, 0.29) is 6.10 Å². The molecule has 1 aliphatic rings. The Labute approximate surface area is 115 Å². The molecule has 0 saturated heterocycles. The van der Waals surface area contributed by atoms with Crippen LogP contribution in [-0.4, -0.2) is 45.0 Å². The Morgan fingerprint density at radius 2 is 2.21 bits per heavy atom. The fraction of sp³-hybridized carbons (Fsp3) is 0.786. The molecule has 1 aromatic rings. The second kappa shape index (κ2) is 6.91. The summed E-state index contributed by atoms with van der Waals surface area (Å²) in [6.07, 6.45) is 9.56. The van der Waals surface area contributed by atoms with Crippen LogP contribution in [0, 0.1) is 0 Å². The monoisotopic (exact) mass is 266 g/mol. The predicted molar refractivity (Wildman–Crippen MR) is 76.8 cm³/mol. The zero-order valence-electron chi connectivity index (χ0n) is 11.8. The molecule has 108 valence electrons. The van der Waals surface area contributed by atoms with Crippen LogP contribution in [0.1, 0.15) is 39.0 Å². The van der Waals surface area contributed by atoms with Gasteiger partial charge < -0.3 is 10.8 Å². The normalized spacial score (nSPS) is 18.9. The van der Waals surface area contributed by atoms with E-state index in [0.717, 1.165) is 13.1 Å². The van der Waals surface area contributed by atoms with Gasteiger partial charge >= 0.3 is 0 Å². The number of hydrogen-bond donors (Lipinski definition) is 2. The first-order valence-electron chi connectivity index (χ1n) is 7.39. The number of aliphatic hydroxyl groups excluding tert-OH is 1. The highest BCUT2D eigenvalue weighted by atomic mass is 16.3. The van der Waals surface area contributed by atoms with E-state index >= 15 is 0 Å². The number of rotatable bonds is 6. The second-order valence-electron chi connectivity index (χ2n) is 5.53. The topological polar surface area (TPSA) is 67.3 Å². The maximum Gasteiger partial charge on any atom is 0.0862 e. The molecule has 1 heterocycles. The first-order valence-corrected chi connectivity index (χ1v) is 7.39. The number of anilines is 1. The van der Waals surface area contributed by atoms with Gasteiger partial charge in [-0.3, -0.25) is 9.58 Å². The molecule has 1 atom stereocenters. The summed E-state index contributed by atoms with van der Waals surface area (Å²) < 4.78 is 1.72. The largest absolute Gasteiger partial charge is 0.396 e. The summed E-state index contributed by atoms with van der Waals surface area (Å²) in [4.78, 5) is 2.41. The molecule has 1 unspecified atom stereocenters. The molecule has 2 rings (SSSR count). The fourth-order valence-electron chi connectivity index (χ4n) is 3.01. The summed E-state index contributed by atoms with van der Waals surface area (Å²) in [5.74, 6) is 0. The molecule has 0 spiro atoms. The minimum atomic E-state index is -0.388. The minimum absolute atomic E-state index is 0.388. The van der Waals surface area contributed by atoms with Gasteiger partial charge in [-0.1, -0.05) is 26.2 Å². The summed E-state index contributed by atoms with van der Waals surface area (Å²) in [5, 5.41) is 14.3. The second-order valence-corrected chi connectivity index (χ2v) is 5.53. The van der Waals surface area contributed by atoms with Crippen LogP contribution >= 0.6 is 0 Å². The van der Waals surface area contributed by atoms with Crippen LogP contribution in [-0.2, 0) is 6.54 Å². The van der Waals surface area contributed by atoms with Crippen LogP contribution in [0.4, 0.5) is 5.69 Å². The maximum atomic E-state index is 10.2. The Balaban J connectivity index is 1.83. The van der Waals surface area contributed by atoms with Crippen LogP contribution in [0.5, 0.6) is 0 Å². The van der Waals surface area contributed by atoms with Crippen LogP contribution in [0.15, 0.2) is 12.4 Å². The average Bonchev–Trinajstić information content (AvgIpc) is 2.82. The SMILES string of the molecule is CCN(CC(O)Cn1cc(N)cn1)C1CCCCC1. The van der Waals surface area contributed by atoms with Crippen molar-refractivity contribution >= 4 is 5.69 Å². The fourth-order valence-corrected chi connectivity index (χ4v) is 3.01. The molecule has 0 radical (unpaired) electrons. The number of aliphatic hydroxyl groups is 1. The molecule has 19 heavy (non-hydrogen) atoms. The number of aromatic nitrogens is 2. The van der Waals surface area contributed by atoms with Crippen LogP contribution < -0.4 is 5.73 Å². The number of nitrogens with two attached hydrogens (primary N) is 1. The van der Waals surface area contributed by atoms with Gasteiger partial charge in [0.15, 0.2) is 0 Å². The summed E-state index contributed by atoms with van der Waals surface area (Å²) in [7, 11) is 0. The molecular formula is C14H26N4O. The van der Waals surface area contributed by atoms with Gasteiger partial charge in [-0.05, 0) is 19.4 Å². The van der Waals surface area contributed by atoms with E-state index in [1.165, 1.54) is 32.1 Å². The molecule has 1 aliphatic carbocycles. The molecule has 1 aromatic heterocycles.